The van der Waals surface area contributed by atoms with Gasteiger partial charge in [0.15, 0.2) is 9.84 Å². The number of sulfone groups is 1. The average molecular weight is 177 g/mol. The van der Waals surface area contributed by atoms with Crippen molar-refractivity contribution in [3.05, 3.63) is 29.7 Å². The summed E-state index contributed by atoms with van der Waals surface area (Å²) in [5, 5.41) is 0. The van der Waals surface area contributed by atoms with E-state index < -0.39 is 15.9 Å². The van der Waals surface area contributed by atoms with E-state index >= 15 is 0 Å². The number of rotatable bonds is 2. The van der Waals surface area contributed by atoms with E-state index in [2.05, 4.69) is 4.42 Å². The van der Waals surface area contributed by atoms with Crippen molar-refractivity contribution in [2.45, 2.75) is 0 Å². The number of furan rings is 1. The van der Waals surface area contributed by atoms with Crippen LogP contribution in [0, 0.1) is 11.8 Å². The van der Waals surface area contributed by atoms with E-state index in [9.17, 15) is 12.8 Å². The van der Waals surface area contributed by atoms with Crippen molar-refractivity contribution in [2.24, 2.45) is 0 Å². The number of halogens is 1. The molecule has 1 rings (SSSR count). The van der Waals surface area contributed by atoms with Gasteiger partial charge in [-0.2, -0.15) is 4.39 Å². The second-order valence-corrected chi connectivity index (χ2v) is 3.98. The molecule has 0 unspecified atom stereocenters. The zero-order valence-corrected chi connectivity index (χ0v) is 6.56. The van der Waals surface area contributed by atoms with Crippen LogP contribution in [0.5, 0.6) is 0 Å². The molecule has 0 bridgehead atoms. The van der Waals surface area contributed by atoms with Gasteiger partial charge in [-0.1, -0.05) is 0 Å². The van der Waals surface area contributed by atoms with Crippen LogP contribution < -0.4 is 0 Å². The Balaban J connectivity index is 2.81. The highest BCUT2D eigenvalue weighted by atomic mass is 32.2. The molecule has 0 aliphatic carbocycles. The minimum absolute atomic E-state index is 0.00463. The summed E-state index contributed by atoms with van der Waals surface area (Å²) >= 11 is 0. The molecule has 3 nitrogen and oxygen atoms in total. The quantitative estimate of drug-likeness (QED) is 0.676. The third kappa shape index (κ3) is 2.71. The van der Waals surface area contributed by atoms with Gasteiger partial charge < -0.3 is 4.42 Å². The van der Waals surface area contributed by atoms with Gasteiger partial charge in [-0.25, -0.2) is 8.42 Å². The Kier molecular flexibility index (Phi) is 1.99. The summed E-state index contributed by atoms with van der Waals surface area (Å²) in [4.78, 5) is 0. The lowest BCUT2D eigenvalue weighted by Gasteiger charge is -1.89. The predicted molar refractivity (Wildman–Crippen MR) is 36.9 cm³/mol. The molecular formula is C6H6FO3S. The van der Waals surface area contributed by atoms with Crippen LogP contribution in [0.3, 0.4) is 0 Å². The Bertz CT molecular complexity index is 338. The first kappa shape index (κ1) is 8.26. The van der Waals surface area contributed by atoms with Gasteiger partial charge in [0, 0.05) is 12.3 Å². The molecule has 0 atom stereocenters. The summed E-state index contributed by atoms with van der Waals surface area (Å²) in [5.74, 6) is 0.862. The fourth-order valence-electron chi connectivity index (χ4n) is 0.603. The smallest absolute Gasteiger partial charge is 0.277 e. The number of hydrogen-bond donors (Lipinski definition) is 0. The number of hydrogen-bond acceptors (Lipinski definition) is 3. The van der Waals surface area contributed by atoms with Crippen LogP contribution in [-0.2, 0) is 9.84 Å². The van der Waals surface area contributed by atoms with Gasteiger partial charge in [-0.3, -0.25) is 0 Å². The molecule has 1 aromatic rings. The van der Waals surface area contributed by atoms with Gasteiger partial charge in [-0.15, -0.1) is 0 Å². The van der Waals surface area contributed by atoms with Crippen molar-refractivity contribution in [1.29, 1.82) is 0 Å². The Labute approximate surface area is 63.7 Å². The molecule has 5 heteroatoms. The summed E-state index contributed by atoms with van der Waals surface area (Å²) in [6, 6.07) is 1.51. The van der Waals surface area contributed by atoms with Crippen LogP contribution in [0.4, 0.5) is 4.39 Å². The van der Waals surface area contributed by atoms with Gasteiger partial charge in [0.05, 0.1) is 0 Å². The maximum Gasteiger partial charge on any atom is 0.277 e. The van der Waals surface area contributed by atoms with E-state index in [1.807, 2.05) is 0 Å². The van der Waals surface area contributed by atoms with Crippen molar-refractivity contribution >= 4 is 9.84 Å². The largest absolute Gasteiger partial charge is 0.435 e. The monoisotopic (exact) mass is 177 g/mol. The average Bonchev–Trinajstić information content (AvgIpc) is 2.10. The van der Waals surface area contributed by atoms with E-state index in [1.165, 1.54) is 6.07 Å². The normalized spacial score (nSPS) is 11.8. The SMILES string of the molecule is CS(=O)(=O)[CH]c1ccc(F)o1. The van der Waals surface area contributed by atoms with E-state index in [0.29, 0.717) is 0 Å². The minimum Gasteiger partial charge on any atom is -0.435 e. The van der Waals surface area contributed by atoms with E-state index in [0.717, 1.165) is 18.1 Å². The first-order chi connectivity index (χ1) is 4.97. The lowest BCUT2D eigenvalue weighted by atomic mass is 10.5. The Morgan fingerprint density at radius 1 is 1.55 bits per heavy atom. The van der Waals surface area contributed by atoms with E-state index in [-0.39, 0.29) is 5.76 Å². The second-order valence-electron chi connectivity index (χ2n) is 2.09. The highest BCUT2D eigenvalue weighted by Crippen LogP contribution is 2.10. The van der Waals surface area contributed by atoms with Crippen LogP contribution >= 0.6 is 0 Å². The zero-order chi connectivity index (χ0) is 8.48. The molecule has 0 fully saturated rings. The van der Waals surface area contributed by atoms with E-state index in [4.69, 9.17) is 0 Å². The first-order valence-electron chi connectivity index (χ1n) is 2.77. The molecule has 0 aromatic carbocycles. The summed E-state index contributed by atoms with van der Waals surface area (Å²) in [5.41, 5.74) is 0. The fraction of sp³-hybridized carbons (Fsp3) is 0.167. The Hall–Kier alpha value is -0.840. The minimum atomic E-state index is -3.25. The molecule has 0 saturated carbocycles. The molecule has 11 heavy (non-hydrogen) atoms. The lowest BCUT2D eigenvalue weighted by molar-refractivity contribution is 0.350. The molecule has 0 aliphatic rings. The Morgan fingerprint density at radius 3 is 2.55 bits per heavy atom. The van der Waals surface area contributed by atoms with Gasteiger partial charge >= 0.3 is 0 Å². The molecule has 0 saturated heterocycles. The van der Waals surface area contributed by atoms with Crippen molar-refractivity contribution in [1.82, 2.24) is 0 Å². The highest BCUT2D eigenvalue weighted by molar-refractivity contribution is 7.92. The summed E-state index contributed by atoms with van der Waals surface area (Å²) in [7, 11) is -3.25. The van der Waals surface area contributed by atoms with Crippen LogP contribution in [-0.4, -0.2) is 14.7 Å². The standard InChI is InChI=1S/C6H6FO3S/c1-11(8,9)4-5-2-3-6(7)10-5/h2-4H,1H3. The van der Waals surface area contributed by atoms with Crippen molar-refractivity contribution < 1.29 is 17.2 Å². The molecule has 1 aromatic heterocycles. The fourth-order valence-corrected chi connectivity index (χ4v) is 1.15. The van der Waals surface area contributed by atoms with Gasteiger partial charge in [0.2, 0.25) is 0 Å². The summed E-state index contributed by atoms with van der Waals surface area (Å²) in [6.45, 7) is 0. The summed E-state index contributed by atoms with van der Waals surface area (Å²) in [6.07, 6.45) is 1.01. The Morgan fingerprint density at radius 2 is 2.18 bits per heavy atom. The van der Waals surface area contributed by atoms with Gasteiger partial charge in [-0.05, 0) is 6.07 Å². The van der Waals surface area contributed by atoms with Crippen LogP contribution in [0.1, 0.15) is 5.76 Å². The first-order valence-corrected chi connectivity index (χ1v) is 4.73. The zero-order valence-electron chi connectivity index (χ0n) is 5.74. The molecule has 0 N–H and O–H groups in total. The maximum atomic E-state index is 12.1. The van der Waals surface area contributed by atoms with E-state index in [1.54, 1.807) is 0 Å². The van der Waals surface area contributed by atoms with Gasteiger partial charge in [0.25, 0.3) is 6.01 Å². The third-order valence-corrected chi connectivity index (χ3v) is 1.58. The third-order valence-electron chi connectivity index (χ3n) is 0.924. The second kappa shape index (κ2) is 2.65. The van der Waals surface area contributed by atoms with Crippen LogP contribution in [0.25, 0.3) is 0 Å². The van der Waals surface area contributed by atoms with Crippen LogP contribution in [0.2, 0.25) is 0 Å². The van der Waals surface area contributed by atoms with Crippen LogP contribution in [0.15, 0.2) is 16.5 Å². The van der Waals surface area contributed by atoms with Crippen molar-refractivity contribution in [3.8, 4) is 0 Å². The molecule has 0 amide bonds. The lowest BCUT2D eigenvalue weighted by Crippen LogP contribution is -1.95. The molecular weight excluding hydrogens is 171 g/mol. The molecule has 61 valence electrons. The van der Waals surface area contributed by atoms with Gasteiger partial charge in [0.1, 0.15) is 11.5 Å². The highest BCUT2D eigenvalue weighted by Gasteiger charge is 2.09. The molecule has 0 spiro atoms. The van der Waals surface area contributed by atoms with Crippen molar-refractivity contribution in [2.75, 3.05) is 6.26 Å². The topological polar surface area (TPSA) is 47.3 Å². The molecule has 0 aliphatic heterocycles. The molecule has 1 heterocycles. The maximum absolute atomic E-state index is 12.1. The van der Waals surface area contributed by atoms with Crippen molar-refractivity contribution in [3.63, 3.8) is 0 Å². The predicted octanol–water partition coefficient (Wildman–Crippen LogP) is 0.973. The molecule has 1 radical (unpaired) electrons. The summed E-state index contributed by atoms with van der Waals surface area (Å²) < 4.78 is 37.6.